The van der Waals surface area contributed by atoms with Crippen LogP contribution >= 0.6 is 0 Å². The minimum Gasteiger partial charge on any atom is -0.493 e. The molecule has 1 fully saturated rings. The lowest BCUT2D eigenvalue weighted by molar-refractivity contribution is -0.133. The third kappa shape index (κ3) is 5.53. The third-order valence-electron chi connectivity index (χ3n) is 4.49. The fraction of sp³-hybridized carbons (Fsp3) is 0.556. The Morgan fingerprint density at radius 2 is 1.92 bits per heavy atom. The van der Waals surface area contributed by atoms with Crippen LogP contribution in [-0.4, -0.2) is 50.0 Å². The molecule has 1 aromatic rings. The number of primary amides is 1. The van der Waals surface area contributed by atoms with E-state index in [9.17, 15) is 9.59 Å². The Kier molecular flexibility index (Phi) is 7.06. The molecule has 0 atom stereocenters. The van der Waals surface area contributed by atoms with Gasteiger partial charge in [-0.3, -0.25) is 9.59 Å². The van der Waals surface area contributed by atoms with Gasteiger partial charge in [-0.05, 0) is 63.0 Å². The van der Waals surface area contributed by atoms with Crippen molar-refractivity contribution in [3.8, 4) is 5.75 Å². The average Bonchev–Trinajstić information content (AvgIpc) is 2.60. The quantitative estimate of drug-likeness (QED) is 0.753. The third-order valence-corrected chi connectivity index (χ3v) is 4.49. The largest absolute Gasteiger partial charge is 0.493 e. The summed E-state index contributed by atoms with van der Waals surface area (Å²) in [5, 5.41) is 3.18. The number of hydrogen-bond acceptors (Lipinski definition) is 4. The summed E-state index contributed by atoms with van der Waals surface area (Å²) in [6.07, 6.45) is 3.73. The standard InChI is InChI=1S/C18H27N3O3/c1-20-10-6-14-7-11-21(12-8-14)17(22)9-13-24-16-4-2-15(3-5-16)18(19)23/h2-5,14,20H,6-13H2,1H3,(H2,19,23). The van der Waals surface area contributed by atoms with E-state index in [2.05, 4.69) is 5.32 Å². The van der Waals surface area contributed by atoms with E-state index in [1.54, 1.807) is 24.3 Å². The Labute approximate surface area is 143 Å². The summed E-state index contributed by atoms with van der Waals surface area (Å²) in [7, 11) is 1.97. The molecule has 1 aliphatic rings. The zero-order chi connectivity index (χ0) is 17.4. The van der Waals surface area contributed by atoms with Crippen LogP contribution in [0.25, 0.3) is 0 Å². The Bertz CT molecular complexity index is 537. The molecule has 132 valence electrons. The second-order valence-corrected chi connectivity index (χ2v) is 6.20. The van der Waals surface area contributed by atoms with Crippen molar-refractivity contribution in [2.24, 2.45) is 11.7 Å². The number of piperidine rings is 1. The molecule has 1 aliphatic heterocycles. The maximum absolute atomic E-state index is 12.2. The van der Waals surface area contributed by atoms with Crippen LogP contribution in [0.1, 0.15) is 36.0 Å². The predicted octanol–water partition coefficient (Wildman–Crippen LogP) is 1.40. The smallest absolute Gasteiger partial charge is 0.248 e. The van der Waals surface area contributed by atoms with E-state index in [1.807, 2.05) is 11.9 Å². The van der Waals surface area contributed by atoms with E-state index in [4.69, 9.17) is 10.5 Å². The van der Waals surface area contributed by atoms with Crippen LogP contribution in [0, 0.1) is 5.92 Å². The lowest BCUT2D eigenvalue weighted by Crippen LogP contribution is -2.39. The zero-order valence-corrected chi connectivity index (χ0v) is 14.3. The molecule has 0 bridgehead atoms. The highest BCUT2D eigenvalue weighted by molar-refractivity contribution is 5.92. The number of carbonyl (C=O) groups is 2. The van der Waals surface area contributed by atoms with E-state index < -0.39 is 5.91 Å². The van der Waals surface area contributed by atoms with E-state index in [0.717, 1.165) is 38.4 Å². The summed E-state index contributed by atoms with van der Waals surface area (Å²) in [5.41, 5.74) is 5.63. The van der Waals surface area contributed by atoms with Gasteiger partial charge in [-0.1, -0.05) is 0 Å². The van der Waals surface area contributed by atoms with Gasteiger partial charge in [-0.25, -0.2) is 0 Å². The summed E-state index contributed by atoms with van der Waals surface area (Å²) < 4.78 is 5.57. The summed E-state index contributed by atoms with van der Waals surface area (Å²) >= 11 is 0. The molecule has 2 rings (SSSR count). The maximum atomic E-state index is 12.2. The Balaban J connectivity index is 1.67. The van der Waals surface area contributed by atoms with Gasteiger partial charge in [0.15, 0.2) is 0 Å². The Morgan fingerprint density at radius 3 is 2.50 bits per heavy atom. The number of benzene rings is 1. The summed E-state index contributed by atoms with van der Waals surface area (Å²) in [6, 6.07) is 6.63. The first kappa shape index (κ1) is 18.3. The van der Waals surface area contributed by atoms with Gasteiger partial charge in [-0.2, -0.15) is 0 Å². The maximum Gasteiger partial charge on any atom is 0.248 e. The van der Waals surface area contributed by atoms with Crippen LogP contribution in [0.4, 0.5) is 0 Å². The van der Waals surface area contributed by atoms with Crippen molar-refractivity contribution in [3.63, 3.8) is 0 Å². The molecule has 1 saturated heterocycles. The molecule has 2 amide bonds. The highest BCUT2D eigenvalue weighted by atomic mass is 16.5. The van der Waals surface area contributed by atoms with Crippen LogP contribution in [0.3, 0.4) is 0 Å². The van der Waals surface area contributed by atoms with Gasteiger partial charge < -0.3 is 20.7 Å². The molecule has 1 aromatic carbocycles. The number of likely N-dealkylation sites (tertiary alicyclic amines) is 1. The number of nitrogens with zero attached hydrogens (tertiary/aromatic N) is 1. The summed E-state index contributed by atoms with van der Waals surface area (Å²) in [6.45, 7) is 3.08. The van der Waals surface area contributed by atoms with Gasteiger partial charge in [0.25, 0.3) is 0 Å². The van der Waals surface area contributed by atoms with Crippen molar-refractivity contribution in [1.82, 2.24) is 10.2 Å². The van der Waals surface area contributed by atoms with Crippen molar-refractivity contribution in [2.45, 2.75) is 25.7 Å². The highest BCUT2D eigenvalue weighted by Crippen LogP contribution is 2.20. The van der Waals surface area contributed by atoms with Crippen LogP contribution in [0.5, 0.6) is 5.75 Å². The average molecular weight is 333 g/mol. The second-order valence-electron chi connectivity index (χ2n) is 6.20. The Morgan fingerprint density at radius 1 is 1.25 bits per heavy atom. The van der Waals surface area contributed by atoms with Crippen molar-refractivity contribution in [3.05, 3.63) is 29.8 Å². The molecule has 3 N–H and O–H groups in total. The first-order chi connectivity index (χ1) is 11.6. The Hall–Kier alpha value is -2.08. The molecule has 0 saturated carbocycles. The molecular weight excluding hydrogens is 306 g/mol. The van der Waals surface area contributed by atoms with Gasteiger partial charge >= 0.3 is 0 Å². The SMILES string of the molecule is CNCCC1CCN(C(=O)CCOc2ccc(C(N)=O)cc2)CC1. The van der Waals surface area contributed by atoms with Gasteiger partial charge in [0.05, 0.1) is 13.0 Å². The van der Waals surface area contributed by atoms with Crippen LogP contribution < -0.4 is 15.8 Å². The second kappa shape index (κ2) is 9.27. The van der Waals surface area contributed by atoms with Gasteiger partial charge in [0.1, 0.15) is 5.75 Å². The number of amides is 2. The van der Waals surface area contributed by atoms with Crippen LogP contribution in [-0.2, 0) is 4.79 Å². The monoisotopic (exact) mass is 333 g/mol. The minimum absolute atomic E-state index is 0.149. The van der Waals surface area contributed by atoms with Crippen LogP contribution in [0.2, 0.25) is 0 Å². The van der Waals surface area contributed by atoms with Crippen molar-refractivity contribution in [2.75, 3.05) is 33.3 Å². The normalized spacial score (nSPS) is 15.3. The lowest BCUT2D eigenvalue weighted by atomic mass is 9.93. The number of ether oxygens (including phenoxy) is 1. The number of nitrogens with two attached hydrogens (primary N) is 1. The fourth-order valence-corrected chi connectivity index (χ4v) is 2.95. The van der Waals surface area contributed by atoms with Gasteiger partial charge in [-0.15, -0.1) is 0 Å². The molecule has 0 unspecified atom stereocenters. The molecule has 0 radical (unpaired) electrons. The lowest BCUT2D eigenvalue weighted by Gasteiger charge is -2.32. The number of rotatable bonds is 8. The molecular formula is C18H27N3O3. The van der Waals surface area contributed by atoms with Crippen molar-refractivity contribution >= 4 is 11.8 Å². The highest BCUT2D eigenvalue weighted by Gasteiger charge is 2.22. The topological polar surface area (TPSA) is 84.7 Å². The first-order valence-corrected chi connectivity index (χ1v) is 8.55. The number of carbonyl (C=O) groups excluding carboxylic acids is 2. The molecule has 6 nitrogen and oxygen atoms in total. The van der Waals surface area contributed by atoms with Gasteiger partial charge in [0.2, 0.25) is 11.8 Å². The molecule has 0 aromatic heterocycles. The molecule has 1 heterocycles. The molecule has 0 aliphatic carbocycles. The number of hydrogen-bond donors (Lipinski definition) is 2. The zero-order valence-electron chi connectivity index (χ0n) is 14.3. The minimum atomic E-state index is -0.463. The predicted molar refractivity (Wildman–Crippen MR) is 92.9 cm³/mol. The van der Waals surface area contributed by atoms with Crippen molar-refractivity contribution in [1.29, 1.82) is 0 Å². The van der Waals surface area contributed by atoms with E-state index in [1.165, 1.54) is 6.42 Å². The fourth-order valence-electron chi connectivity index (χ4n) is 2.95. The summed E-state index contributed by atoms with van der Waals surface area (Å²) in [4.78, 5) is 25.2. The van der Waals surface area contributed by atoms with Crippen molar-refractivity contribution < 1.29 is 14.3 Å². The number of nitrogens with one attached hydrogen (secondary N) is 1. The van der Waals surface area contributed by atoms with E-state index in [-0.39, 0.29) is 5.91 Å². The van der Waals surface area contributed by atoms with Gasteiger partial charge in [0, 0.05) is 18.7 Å². The van der Waals surface area contributed by atoms with E-state index in [0.29, 0.717) is 24.3 Å². The molecule has 24 heavy (non-hydrogen) atoms. The molecule has 0 spiro atoms. The van der Waals surface area contributed by atoms with Crippen LogP contribution in [0.15, 0.2) is 24.3 Å². The molecule has 6 heteroatoms. The summed E-state index contributed by atoms with van der Waals surface area (Å²) in [5.74, 6) is 1.05. The van der Waals surface area contributed by atoms with E-state index >= 15 is 0 Å². The first-order valence-electron chi connectivity index (χ1n) is 8.55.